The van der Waals surface area contributed by atoms with Crippen LogP contribution in [0.2, 0.25) is 0 Å². The zero-order valence-corrected chi connectivity index (χ0v) is 20.2. The summed E-state index contributed by atoms with van der Waals surface area (Å²) >= 11 is 0. The number of aromatic nitrogens is 1. The van der Waals surface area contributed by atoms with Crippen LogP contribution in [0.4, 0.5) is 0 Å². The van der Waals surface area contributed by atoms with E-state index >= 15 is 0 Å². The Hall–Kier alpha value is -2.11. The molecule has 3 atom stereocenters. The third kappa shape index (κ3) is 4.65. The number of benzene rings is 2. The van der Waals surface area contributed by atoms with Gasteiger partial charge in [0.1, 0.15) is 5.75 Å². The van der Waals surface area contributed by atoms with E-state index in [9.17, 15) is 9.46 Å². The van der Waals surface area contributed by atoms with Crippen molar-refractivity contribution in [1.29, 1.82) is 0 Å². The SMILES string of the molecule is COCC1CCN(Cc2c(OC)cc(C)c3[nH]ccc23)[C@H](c2ccc(P(C)(=O)O)cc2)C1. The summed E-state index contributed by atoms with van der Waals surface area (Å²) in [6.45, 7) is 5.96. The van der Waals surface area contributed by atoms with Crippen molar-refractivity contribution < 1.29 is 18.9 Å². The molecule has 32 heavy (non-hydrogen) atoms. The molecule has 2 heterocycles. The highest BCUT2D eigenvalue weighted by molar-refractivity contribution is 7.65. The largest absolute Gasteiger partial charge is 0.496 e. The second-order valence-electron chi connectivity index (χ2n) is 8.94. The van der Waals surface area contributed by atoms with E-state index in [4.69, 9.17) is 9.47 Å². The third-order valence-corrected chi connectivity index (χ3v) is 7.93. The van der Waals surface area contributed by atoms with Crippen molar-refractivity contribution in [3.8, 4) is 5.75 Å². The highest BCUT2D eigenvalue weighted by Gasteiger charge is 2.31. The van der Waals surface area contributed by atoms with Crippen molar-refractivity contribution in [1.82, 2.24) is 9.88 Å². The molecule has 0 bridgehead atoms. The van der Waals surface area contributed by atoms with Gasteiger partial charge in [-0.3, -0.25) is 9.46 Å². The maximum atomic E-state index is 12.1. The minimum atomic E-state index is -3.26. The van der Waals surface area contributed by atoms with E-state index in [1.807, 2.05) is 18.3 Å². The number of likely N-dealkylation sites (tertiary alicyclic amines) is 1. The number of aromatic amines is 1. The Morgan fingerprint density at radius 2 is 1.97 bits per heavy atom. The number of fused-ring (bicyclic) bond motifs is 1. The molecular weight excluding hydrogens is 423 g/mol. The van der Waals surface area contributed by atoms with Crippen molar-refractivity contribution in [2.45, 2.75) is 32.4 Å². The van der Waals surface area contributed by atoms with Crippen molar-refractivity contribution in [2.24, 2.45) is 5.92 Å². The summed E-state index contributed by atoms with van der Waals surface area (Å²) in [5.41, 5.74) is 4.68. The second-order valence-corrected chi connectivity index (χ2v) is 11.2. The van der Waals surface area contributed by atoms with E-state index in [2.05, 4.69) is 28.9 Å². The number of ether oxygens (including phenoxy) is 2. The van der Waals surface area contributed by atoms with Gasteiger partial charge >= 0.3 is 0 Å². The van der Waals surface area contributed by atoms with E-state index in [0.717, 1.165) is 43.8 Å². The molecule has 172 valence electrons. The molecule has 0 saturated carbocycles. The van der Waals surface area contributed by atoms with Crippen molar-refractivity contribution >= 4 is 23.6 Å². The molecule has 1 aromatic heterocycles. The molecule has 1 fully saturated rings. The number of nitrogens with one attached hydrogen (secondary N) is 1. The number of nitrogens with zero attached hydrogens (tertiary/aromatic N) is 1. The van der Waals surface area contributed by atoms with E-state index in [0.29, 0.717) is 11.2 Å². The Labute approximate surface area is 190 Å². The average molecular weight is 457 g/mol. The van der Waals surface area contributed by atoms with Crippen molar-refractivity contribution in [3.05, 3.63) is 59.3 Å². The Morgan fingerprint density at radius 1 is 1.22 bits per heavy atom. The number of hydrogen-bond donors (Lipinski definition) is 2. The molecule has 0 aliphatic carbocycles. The molecule has 3 aromatic rings. The van der Waals surface area contributed by atoms with E-state index in [1.165, 1.54) is 28.7 Å². The Kier molecular flexibility index (Phi) is 6.78. The number of methoxy groups -OCH3 is 2. The van der Waals surface area contributed by atoms with E-state index < -0.39 is 7.37 Å². The molecule has 1 saturated heterocycles. The van der Waals surface area contributed by atoms with E-state index in [-0.39, 0.29) is 6.04 Å². The van der Waals surface area contributed by atoms with Gasteiger partial charge in [0, 0.05) is 60.9 Å². The maximum Gasteiger partial charge on any atom is 0.226 e. The van der Waals surface area contributed by atoms with Crippen molar-refractivity contribution in [2.75, 3.05) is 34.0 Å². The fraction of sp³-hybridized carbons (Fsp3) is 0.440. The summed E-state index contributed by atoms with van der Waals surface area (Å²) < 4.78 is 23.3. The molecule has 6 nitrogen and oxygen atoms in total. The molecule has 1 aliphatic rings. The summed E-state index contributed by atoms with van der Waals surface area (Å²) in [4.78, 5) is 15.8. The van der Waals surface area contributed by atoms with Gasteiger partial charge in [0.25, 0.3) is 0 Å². The van der Waals surface area contributed by atoms with Crippen LogP contribution in [0.3, 0.4) is 0 Å². The average Bonchev–Trinajstić information content (AvgIpc) is 3.27. The fourth-order valence-corrected chi connectivity index (χ4v) is 5.67. The van der Waals surface area contributed by atoms with Crippen LogP contribution in [-0.4, -0.2) is 48.8 Å². The molecular formula is C25H33N2O4P. The summed E-state index contributed by atoms with van der Waals surface area (Å²) in [5, 5.41) is 1.69. The number of hydrogen-bond acceptors (Lipinski definition) is 4. The summed E-state index contributed by atoms with van der Waals surface area (Å²) in [6.07, 6.45) is 4.05. The van der Waals surface area contributed by atoms with Gasteiger partial charge < -0.3 is 19.4 Å². The van der Waals surface area contributed by atoms with Crippen LogP contribution in [0.5, 0.6) is 5.75 Å². The van der Waals surface area contributed by atoms with Gasteiger partial charge in [0.15, 0.2) is 0 Å². The molecule has 0 spiro atoms. The molecule has 0 radical (unpaired) electrons. The predicted molar refractivity (Wildman–Crippen MR) is 129 cm³/mol. The van der Waals surface area contributed by atoms with Crippen LogP contribution in [0.1, 0.15) is 35.6 Å². The van der Waals surface area contributed by atoms with Gasteiger partial charge in [-0.2, -0.15) is 0 Å². The van der Waals surface area contributed by atoms with Gasteiger partial charge in [0.2, 0.25) is 7.37 Å². The first-order chi connectivity index (χ1) is 15.3. The number of piperidine rings is 1. The first-order valence-corrected chi connectivity index (χ1v) is 13.2. The zero-order chi connectivity index (χ0) is 22.9. The fourth-order valence-electron chi connectivity index (χ4n) is 4.97. The quantitative estimate of drug-likeness (QED) is 0.508. The standard InChI is InChI=1S/C25H33N2O4P/c1-17-13-24(31-3)22(21-9-11-26-25(17)21)15-27-12-10-18(16-30-2)14-23(27)19-5-7-20(8-6-19)32(4,28)29/h5-9,11,13,18,23,26H,10,12,14-16H2,1-4H3,(H,28,29)/t18?,23-/m0/s1. The van der Waals surface area contributed by atoms with Gasteiger partial charge in [0.05, 0.1) is 7.11 Å². The second kappa shape index (κ2) is 9.40. The molecule has 0 amide bonds. The van der Waals surface area contributed by atoms with Crippen molar-refractivity contribution in [3.63, 3.8) is 0 Å². The summed E-state index contributed by atoms with van der Waals surface area (Å²) in [6, 6.07) is 12.0. The molecule has 2 N–H and O–H groups in total. The summed E-state index contributed by atoms with van der Waals surface area (Å²) in [7, 11) is 0.232. The summed E-state index contributed by atoms with van der Waals surface area (Å²) in [5.74, 6) is 1.40. The Morgan fingerprint density at radius 3 is 2.62 bits per heavy atom. The Bertz CT molecular complexity index is 1120. The lowest BCUT2D eigenvalue weighted by molar-refractivity contribution is 0.0580. The minimum absolute atomic E-state index is 0.202. The molecule has 4 rings (SSSR count). The van der Waals surface area contributed by atoms with Gasteiger partial charge in [-0.05, 0) is 67.6 Å². The minimum Gasteiger partial charge on any atom is -0.496 e. The van der Waals surface area contributed by atoms with Gasteiger partial charge in [-0.15, -0.1) is 0 Å². The van der Waals surface area contributed by atoms with Crippen LogP contribution >= 0.6 is 7.37 Å². The third-order valence-electron chi connectivity index (χ3n) is 6.67. The number of H-pyrrole nitrogens is 1. The monoisotopic (exact) mass is 456 g/mol. The predicted octanol–water partition coefficient (Wildman–Crippen LogP) is 4.61. The molecule has 1 aliphatic heterocycles. The lowest BCUT2D eigenvalue weighted by Crippen LogP contribution is -2.37. The zero-order valence-electron chi connectivity index (χ0n) is 19.3. The molecule has 2 aromatic carbocycles. The normalized spacial score (nSPS) is 21.5. The van der Waals surface area contributed by atoms with E-state index in [1.54, 1.807) is 26.4 Å². The molecule has 7 heteroatoms. The van der Waals surface area contributed by atoms with Gasteiger partial charge in [-0.25, -0.2) is 0 Å². The topological polar surface area (TPSA) is 74.8 Å². The van der Waals surface area contributed by atoms with Crippen LogP contribution in [0.25, 0.3) is 10.9 Å². The maximum absolute atomic E-state index is 12.1. The first-order valence-electron chi connectivity index (χ1n) is 11.1. The van der Waals surface area contributed by atoms with Crippen LogP contribution < -0.4 is 10.0 Å². The first kappa shape index (κ1) is 23.1. The lowest BCUT2D eigenvalue weighted by atomic mass is 9.87. The van der Waals surface area contributed by atoms with Crippen LogP contribution in [0.15, 0.2) is 42.6 Å². The lowest BCUT2D eigenvalue weighted by Gasteiger charge is -2.40. The van der Waals surface area contributed by atoms with Crippen LogP contribution in [-0.2, 0) is 15.8 Å². The highest BCUT2D eigenvalue weighted by atomic mass is 31.2. The number of aryl methyl sites for hydroxylation is 1. The molecule has 2 unspecified atom stereocenters. The number of rotatable bonds is 7. The Balaban J connectivity index is 1.69. The van der Waals surface area contributed by atoms with Gasteiger partial charge in [-0.1, -0.05) is 12.1 Å². The smallest absolute Gasteiger partial charge is 0.226 e. The van der Waals surface area contributed by atoms with Crippen LogP contribution in [0, 0.1) is 12.8 Å². The highest BCUT2D eigenvalue weighted by Crippen LogP contribution is 2.40.